The predicted molar refractivity (Wildman–Crippen MR) is 89.5 cm³/mol. The second-order valence-corrected chi connectivity index (χ2v) is 6.26. The molecule has 1 aromatic rings. The molecular formula is C17H19NO4S. The largest absolute Gasteiger partial charge is 0.481 e. The molecule has 1 aromatic carbocycles. The van der Waals surface area contributed by atoms with E-state index in [4.69, 9.17) is 5.11 Å². The van der Waals surface area contributed by atoms with Gasteiger partial charge in [0.1, 0.15) is 5.37 Å². The number of carbonyl (C=O) groups excluding carboxylic acids is 2. The monoisotopic (exact) mass is 333 g/mol. The molecule has 1 N–H and O–H groups in total. The van der Waals surface area contributed by atoms with Crippen LogP contribution in [0.25, 0.3) is 0 Å². The van der Waals surface area contributed by atoms with Gasteiger partial charge in [-0.05, 0) is 18.2 Å². The molecule has 0 aliphatic carbocycles. The summed E-state index contributed by atoms with van der Waals surface area (Å²) in [5, 5.41) is 8.60. The third-order valence-electron chi connectivity index (χ3n) is 3.92. The smallest absolute Gasteiger partial charge is 0.308 e. The van der Waals surface area contributed by atoms with Crippen LogP contribution in [0.4, 0.5) is 0 Å². The van der Waals surface area contributed by atoms with Gasteiger partial charge in [-0.1, -0.05) is 31.2 Å². The molecule has 1 amide bonds. The van der Waals surface area contributed by atoms with Gasteiger partial charge in [0.2, 0.25) is 0 Å². The molecule has 1 aliphatic rings. The van der Waals surface area contributed by atoms with Gasteiger partial charge in [0.15, 0.2) is 5.78 Å². The van der Waals surface area contributed by atoms with Crippen molar-refractivity contribution < 1.29 is 19.5 Å². The number of hydrogen-bond donors (Lipinski definition) is 1. The van der Waals surface area contributed by atoms with Crippen molar-refractivity contribution in [2.24, 2.45) is 0 Å². The van der Waals surface area contributed by atoms with Gasteiger partial charge in [-0.15, -0.1) is 11.8 Å². The van der Waals surface area contributed by atoms with Gasteiger partial charge in [-0.3, -0.25) is 14.4 Å². The molecule has 0 spiro atoms. The van der Waals surface area contributed by atoms with Gasteiger partial charge < -0.3 is 10.0 Å². The first-order valence-electron chi connectivity index (χ1n) is 7.29. The summed E-state index contributed by atoms with van der Waals surface area (Å²) in [5.41, 5.74) is 1.96. The maximum Gasteiger partial charge on any atom is 0.308 e. The lowest BCUT2D eigenvalue weighted by Crippen LogP contribution is -2.30. The van der Waals surface area contributed by atoms with Crippen LogP contribution in [0.15, 0.2) is 35.4 Å². The summed E-state index contributed by atoms with van der Waals surface area (Å²) in [7, 11) is 1.59. The lowest BCUT2D eigenvalue weighted by atomic mass is 9.97. The van der Waals surface area contributed by atoms with E-state index in [1.54, 1.807) is 25.4 Å². The molecule has 5 nitrogen and oxygen atoms in total. The third kappa shape index (κ3) is 3.32. The first-order valence-corrected chi connectivity index (χ1v) is 8.57. The molecule has 0 bridgehead atoms. The third-order valence-corrected chi connectivity index (χ3v) is 4.92. The van der Waals surface area contributed by atoms with Crippen molar-refractivity contribution in [3.05, 3.63) is 46.5 Å². The first kappa shape index (κ1) is 17.3. The van der Waals surface area contributed by atoms with Crippen LogP contribution in [0.3, 0.4) is 0 Å². The summed E-state index contributed by atoms with van der Waals surface area (Å²) in [5.74, 6) is -1.78. The van der Waals surface area contributed by atoms with Gasteiger partial charge in [0.05, 0.1) is 6.42 Å². The lowest BCUT2D eigenvalue weighted by molar-refractivity contribution is -0.137. The van der Waals surface area contributed by atoms with Gasteiger partial charge >= 0.3 is 5.97 Å². The number of thioether (sulfide) groups is 1. The highest BCUT2D eigenvalue weighted by molar-refractivity contribution is 7.99. The molecule has 0 saturated heterocycles. The van der Waals surface area contributed by atoms with Gasteiger partial charge in [-0.2, -0.15) is 0 Å². The summed E-state index contributed by atoms with van der Waals surface area (Å²) >= 11 is 1.35. The number of carboxylic acids is 1. The van der Waals surface area contributed by atoms with E-state index in [1.165, 1.54) is 16.7 Å². The molecule has 0 radical (unpaired) electrons. The molecule has 0 aromatic heterocycles. The molecule has 1 atom stereocenters. The highest BCUT2D eigenvalue weighted by Gasteiger charge is 2.40. The zero-order chi connectivity index (χ0) is 17.1. The van der Waals surface area contributed by atoms with Crippen LogP contribution in [0, 0.1) is 0 Å². The van der Waals surface area contributed by atoms with E-state index in [0.717, 1.165) is 12.0 Å². The summed E-state index contributed by atoms with van der Waals surface area (Å²) in [4.78, 5) is 37.6. The van der Waals surface area contributed by atoms with Crippen LogP contribution in [-0.2, 0) is 16.0 Å². The van der Waals surface area contributed by atoms with E-state index < -0.39 is 17.8 Å². The fourth-order valence-electron chi connectivity index (χ4n) is 2.67. The Morgan fingerprint density at radius 2 is 1.87 bits per heavy atom. The van der Waals surface area contributed by atoms with Gasteiger partial charge in [0.25, 0.3) is 5.91 Å². The minimum Gasteiger partial charge on any atom is -0.481 e. The zero-order valence-electron chi connectivity index (χ0n) is 13.3. The molecule has 1 aliphatic heterocycles. The number of Topliss-reactive ketones (excluding diaryl/α,β-unsaturated/α-hetero) is 1. The number of hydrogen-bond acceptors (Lipinski definition) is 4. The van der Waals surface area contributed by atoms with Crippen molar-refractivity contribution in [2.75, 3.05) is 13.3 Å². The summed E-state index contributed by atoms with van der Waals surface area (Å²) in [6.07, 6.45) is 2.23. The lowest BCUT2D eigenvalue weighted by Gasteiger charge is -2.20. The highest BCUT2D eigenvalue weighted by atomic mass is 32.2. The highest BCUT2D eigenvalue weighted by Crippen LogP contribution is 2.34. The molecule has 122 valence electrons. The van der Waals surface area contributed by atoms with Crippen LogP contribution in [0.5, 0.6) is 0 Å². The average Bonchev–Trinajstić information content (AvgIpc) is 2.78. The second kappa shape index (κ2) is 7.00. The summed E-state index contributed by atoms with van der Waals surface area (Å²) in [6, 6.07) is 7.21. The molecule has 2 rings (SSSR count). The van der Waals surface area contributed by atoms with Crippen LogP contribution in [-0.4, -0.2) is 46.3 Å². The number of carboxylic acid groups (broad SMARTS) is 1. The van der Waals surface area contributed by atoms with Crippen LogP contribution >= 0.6 is 11.8 Å². The number of rotatable bonds is 6. The fourth-order valence-corrected chi connectivity index (χ4v) is 3.57. The molecule has 0 unspecified atom stereocenters. The second-order valence-electron chi connectivity index (χ2n) is 5.35. The normalized spacial score (nSPS) is 17.8. The quantitative estimate of drug-likeness (QED) is 0.809. The SMILES string of the molecule is CCc1ccc(C(=O)C2=C(CC(=O)O)C(=O)N(C)[C@H]2SC)cc1. The number of amides is 1. The van der Waals surface area contributed by atoms with Crippen LogP contribution < -0.4 is 0 Å². The maximum absolute atomic E-state index is 12.9. The Hall–Kier alpha value is -2.08. The predicted octanol–water partition coefficient (Wildman–Crippen LogP) is 2.36. The van der Waals surface area contributed by atoms with E-state index in [2.05, 4.69) is 0 Å². The molecule has 0 saturated carbocycles. The van der Waals surface area contributed by atoms with Crippen LogP contribution in [0.1, 0.15) is 29.3 Å². The van der Waals surface area contributed by atoms with Crippen molar-refractivity contribution in [1.82, 2.24) is 4.90 Å². The minimum atomic E-state index is -1.12. The topological polar surface area (TPSA) is 74.7 Å². The maximum atomic E-state index is 12.9. The van der Waals surface area contributed by atoms with Crippen molar-refractivity contribution in [3.8, 4) is 0 Å². The summed E-state index contributed by atoms with van der Waals surface area (Å²) < 4.78 is 0. The van der Waals surface area contributed by atoms with E-state index in [0.29, 0.717) is 5.56 Å². The fraction of sp³-hybridized carbons (Fsp3) is 0.353. The van der Waals surface area contributed by atoms with E-state index in [9.17, 15) is 14.4 Å². The Morgan fingerprint density at radius 1 is 1.26 bits per heavy atom. The standard InChI is InChI=1S/C17H19NO4S/c1-4-10-5-7-11(8-6-10)15(21)14-12(9-13(19)20)16(22)18(2)17(14)23-3/h5-8,17H,4,9H2,1-3H3,(H,19,20)/t17-/m0/s1. The summed E-state index contributed by atoms with van der Waals surface area (Å²) in [6.45, 7) is 2.03. The zero-order valence-corrected chi connectivity index (χ0v) is 14.1. The van der Waals surface area contributed by atoms with E-state index >= 15 is 0 Å². The van der Waals surface area contributed by atoms with E-state index in [-0.39, 0.29) is 22.8 Å². The average molecular weight is 333 g/mol. The van der Waals surface area contributed by atoms with Gasteiger partial charge in [-0.25, -0.2) is 0 Å². The van der Waals surface area contributed by atoms with E-state index in [1.807, 2.05) is 19.1 Å². The molecule has 23 heavy (non-hydrogen) atoms. The minimum absolute atomic E-state index is 0.0870. The first-order chi connectivity index (χ1) is 10.9. The van der Waals surface area contributed by atoms with Gasteiger partial charge in [0, 0.05) is 23.8 Å². The Bertz CT molecular complexity index is 678. The molecule has 6 heteroatoms. The van der Waals surface area contributed by atoms with Crippen molar-refractivity contribution in [3.63, 3.8) is 0 Å². The molecular weight excluding hydrogens is 314 g/mol. The molecule has 0 fully saturated rings. The Labute approximate surface area is 139 Å². The number of likely N-dealkylation sites (N-methyl/N-ethyl adjacent to an activating group) is 1. The van der Waals surface area contributed by atoms with Crippen molar-refractivity contribution >= 4 is 29.4 Å². The van der Waals surface area contributed by atoms with Crippen molar-refractivity contribution in [1.29, 1.82) is 0 Å². The number of nitrogens with zero attached hydrogens (tertiary/aromatic N) is 1. The Morgan fingerprint density at radius 3 is 2.35 bits per heavy atom. The Kier molecular flexibility index (Phi) is 5.26. The van der Waals surface area contributed by atoms with Crippen LogP contribution in [0.2, 0.25) is 0 Å². The number of aryl methyl sites for hydroxylation is 1. The number of benzene rings is 1. The number of ketones is 1. The number of carbonyl (C=O) groups is 3. The van der Waals surface area contributed by atoms with Crippen molar-refractivity contribution in [2.45, 2.75) is 25.1 Å². The number of aliphatic carboxylic acids is 1. The molecule has 1 heterocycles. The Balaban J connectivity index is 2.48.